The highest BCUT2D eigenvalue weighted by molar-refractivity contribution is 6.40. The molecule has 10 heteroatoms. The van der Waals surface area contributed by atoms with Gasteiger partial charge in [-0.05, 0) is 12.1 Å². The van der Waals surface area contributed by atoms with E-state index in [2.05, 4.69) is 4.98 Å². The van der Waals surface area contributed by atoms with Crippen molar-refractivity contribution in [3.8, 4) is 5.69 Å². The first kappa shape index (κ1) is 14.6. The lowest BCUT2D eigenvalue weighted by molar-refractivity contribution is -0.384. The van der Waals surface area contributed by atoms with E-state index in [0.717, 1.165) is 17.0 Å². The van der Waals surface area contributed by atoms with E-state index in [1.807, 2.05) is 0 Å². The molecule has 0 aliphatic carbocycles. The van der Waals surface area contributed by atoms with Gasteiger partial charge in [0.2, 0.25) is 0 Å². The third-order valence-electron chi connectivity index (χ3n) is 2.43. The first-order valence-electron chi connectivity index (χ1n) is 4.96. The number of nitro benzene ring substituents is 1. The molecule has 0 N–H and O–H groups in total. The molecule has 5 nitrogen and oxygen atoms in total. The van der Waals surface area contributed by atoms with E-state index in [1.54, 1.807) is 0 Å². The summed E-state index contributed by atoms with van der Waals surface area (Å²) < 4.78 is 38.7. The predicted molar refractivity (Wildman–Crippen MR) is 65.2 cm³/mol. The van der Waals surface area contributed by atoms with Crippen molar-refractivity contribution in [2.75, 3.05) is 0 Å². The summed E-state index contributed by atoms with van der Waals surface area (Å²) >= 11 is 11.4. The van der Waals surface area contributed by atoms with Gasteiger partial charge in [0, 0.05) is 6.07 Å². The Hall–Kier alpha value is -1.80. The van der Waals surface area contributed by atoms with Crippen LogP contribution in [0.15, 0.2) is 24.5 Å². The van der Waals surface area contributed by atoms with Crippen molar-refractivity contribution in [2.45, 2.75) is 6.18 Å². The number of nitrogens with zero attached hydrogens (tertiary/aromatic N) is 3. The predicted octanol–water partition coefficient (Wildman–Crippen LogP) is 4.11. The van der Waals surface area contributed by atoms with E-state index in [1.165, 1.54) is 0 Å². The van der Waals surface area contributed by atoms with E-state index in [9.17, 15) is 23.3 Å². The fourth-order valence-electron chi connectivity index (χ4n) is 1.53. The van der Waals surface area contributed by atoms with Gasteiger partial charge in [0.1, 0.15) is 12.0 Å². The minimum Gasteiger partial charge on any atom is -0.282 e. The molecule has 0 amide bonds. The fourth-order valence-corrected chi connectivity index (χ4v) is 1.85. The summed E-state index contributed by atoms with van der Waals surface area (Å²) in [5.41, 5.74) is -2.04. The van der Waals surface area contributed by atoms with Gasteiger partial charge in [0.05, 0.1) is 10.5 Å². The summed E-state index contributed by atoms with van der Waals surface area (Å²) in [6.45, 7) is 0. The number of alkyl halides is 3. The summed E-state index contributed by atoms with van der Waals surface area (Å²) in [4.78, 5) is 13.6. The first-order valence-corrected chi connectivity index (χ1v) is 5.71. The number of hydrogen-bond acceptors (Lipinski definition) is 3. The molecule has 0 bridgehead atoms. The van der Waals surface area contributed by atoms with Gasteiger partial charge in [0.15, 0.2) is 10.3 Å². The average Bonchev–Trinajstić information content (AvgIpc) is 2.68. The van der Waals surface area contributed by atoms with Gasteiger partial charge in [-0.25, -0.2) is 4.98 Å². The van der Waals surface area contributed by atoms with Gasteiger partial charge in [-0.3, -0.25) is 14.7 Å². The highest BCUT2D eigenvalue weighted by Crippen LogP contribution is 2.35. The number of aromatic nitrogens is 2. The average molecular weight is 326 g/mol. The molecule has 1 aromatic carbocycles. The molecule has 0 atom stereocenters. The highest BCUT2D eigenvalue weighted by atomic mass is 35.5. The van der Waals surface area contributed by atoms with Crippen molar-refractivity contribution in [3.05, 3.63) is 50.5 Å². The maximum absolute atomic E-state index is 12.6. The molecule has 0 aliphatic rings. The van der Waals surface area contributed by atoms with Crippen molar-refractivity contribution < 1.29 is 18.1 Å². The molecule has 0 unspecified atom stereocenters. The van der Waals surface area contributed by atoms with Gasteiger partial charge in [-0.2, -0.15) is 13.2 Å². The molecule has 2 rings (SSSR count). The Kier molecular flexibility index (Phi) is 3.61. The Bertz CT molecular complexity index is 685. The lowest BCUT2D eigenvalue weighted by Crippen LogP contribution is -2.07. The number of hydrogen-bond donors (Lipinski definition) is 0. The molecule has 2 aromatic rings. The van der Waals surface area contributed by atoms with Crippen LogP contribution in [0.3, 0.4) is 0 Å². The normalized spacial score (nSPS) is 11.7. The fraction of sp³-hybridized carbons (Fsp3) is 0.100. The zero-order valence-electron chi connectivity index (χ0n) is 9.36. The minimum atomic E-state index is -4.68. The molecule has 0 fully saturated rings. The number of nitro groups is 1. The number of benzene rings is 1. The largest absolute Gasteiger partial charge is 0.416 e. The van der Waals surface area contributed by atoms with Crippen LogP contribution in [0.4, 0.5) is 18.9 Å². The third-order valence-corrected chi connectivity index (χ3v) is 3.16. The zero-order valence-corrected chi connectivity index (χ0v) is 10.9. The summed E-state index contributed by atoms with van der Waals surface area (Å²) in [6, 6.07) is 2.08. The van der Waals surface area contributed by atoms with E-state index < -0.39 is 22.4 Å². The second kappa shape index (κ2) is 4.95. The van der Waals surface area contributed by atoms with Gasteiger partial charge >= 0.3 is 6.18 Å². The summed E-state index contributed by atoms with van der Waals surface area (Å²) in [6.07, 6.45) is -3.60. The minimum absolute atomic E-state index is 0.110. The van der Waals surface area contributed by atoms with Crippen molar-refractivity contribution >= 4 is 28.9 Å². The van der Waals surface area contributed by atoms with Crippen LogP contribution in [0.5, 0.6) is 0 Å². The monoisotopic (exact) mass is 325 g/mol. The topological polar surface area (TPSA) is 61.0 Å². The Morgan fingerprint density at radius 1 is 1.30 bits per heavy atom. The highest BCUT2D eigenvalue weighted by Gasteiger charge is 2.33. The Labute approximate surface area is 119 Å². The first-order chi connectivity index (χ1) is 9.21. The molecule has 1 aromatic heterocycles. The summed E-state index contributed by atoms with van der Waals surface area (Å²) in [5, 5.41) is 10.7. The van der Waals surface area contributed by atoms with Crippen LogP contribution < -0.4 is 0 Å². The molecule has 0 radical (unpaired) electrons. The molecular formula is C10H4Cl2F3N3O2. The maximum Gasteiger partial charge on any atom is 0.416 e. The standard InChI is InChI=1S/C10H4Cl2F3N3O2/c11-8-9(12)17(4-16-8)6-2-1-5(10(13,14)15)3-7(6)18(19)20/h1-4H. The van der Waals surface area contributed by atoms with Crippen LogP contribution in [-0.4, -0.2) is 14.5 Å². The van der Waals surface area contributed by atoms with Crippen molar-refractivity contribution in [1.29, 1.82) is 0 Å². The maximum atomic E-state index is 12.6. The van der Waals surface area contributed by atoms with Crippen LogP contribution in [0.2, 0.25) is 10.3 Å². The van der Waals surface area contributed by atoms with Crippen LogP contribution in [0.25, 0.3) is 5.69 Å². The van der Waals surface area contributed by atoms with E-state index in [0.29, 0.717) is 12.1 Å². The quantitative estimate of drug-likeness (QED) is 0.616. The van der Waals surface area contributed by atoms with Crippen LogP contribution in [0, 0.1) is 10.1 Å². The van der Waals surface area contributed by atoms with E-state index in [-0.39, 0.29) is 16.0 Å². The van der Waals surface area contributed by atoms with Crippen molar-refractivity contribution in [2.24, 2.45) is 0 Å². The molecule has 20 heavy (non-hydrogen) atoms. The molecule has 0 spiro atoms. The van der Waals surface area contributed by atoms with Crippen LogP contribution in [0.1, 0.15) is 5.56 Å². The van der Waals surface area contributed by atoms with Gasteiger partial charge in [-0.15, -0.1) is 0 Å². The second-order valence-electron chi connectivity index (χ2n) is 3.65. The summed E-state index contributed by atoms with van der Waals surface area (Å²) in [5.74, 6) is 0. The Morgan fingerprint density at radius 2 is 1.95 bits per heavy atom. The third kappa shape index (κ3) is 2.56. The van der Waals surface area contributed by atoms with Gasteiger partial charge in [0.25, 0.3) is 5.69 Å². The van der Waals surface area contributed by atoms with Crippen LogP contribution >= 0.6 is 23.2 Å². The zero-order chi connectivity index (χ0) is 15.1. The molecule has 0 aliphatic heterocycles. The van der Waals surface area contributed by atoms with Crippen molar-refractivity contribution in [3.63, 3.8) is 0 Å². The SMILES string of the molecule is O=[N+]([O-])c1cc(C(F)(F)F)ccc1-n1cnc(Cl)c1Cl. The molecule has 1 heterocycles. The van der Waals surface area contributed by atoms with Gasteiger partial charge in [-0.1, -0.05) is 23.2 Å². The molecule has 106 valence electrons. The Balaban J connectivity index is 2.66. The van der Waals surface area contributed by atoms with Crippen molar-refractivity contribution in [1.82, 2.24) is 9.55 Å². The van der Waals surface area contributed by atoms with E-state index >= 15 is 0 Å². The molecule has 0 saturated heterocycles. The number of imidazole rings is 1. The van der Waals surface area contributed by atoms with E-state index in [4.69, 9.17) is 23.2 Å². The lowest BCUT2D eigenvalue weighted by Gasteiger charge is -2.09. The smallest absolute Gasteiger partial charge is 0.282 e. The lowest BCUT2D eigenvalue weighted by atomic mass is 10.1. The van der Waals surface area contributed by atoms with Crippen LogP contribution in [-0.2, 0) is 6.18 Å². The Morgan fingerprint density at radius 3 is 2.40 bits per heavy atom. The molecule has 0 saturated carbocycles. The van der Waals surface area contributed by atoms with Gasteiger partial charge < -0.3 is 0 Å². The second-order valence-corrected chi connectivity index (χ2v) is 4.37. The number of rotatable bonds is 2. The molecular weight excluding hydrogens is 322 g/mol. The number of halogens is 5. The summed E-state index contributed by atoms with van der Waals surface area (Å²) in [7, 11) is 0.